The summed E-state index contributed by atoms with van der Waals surface area (Å²) in [6.07, 6.45) is 0.0181. The number of ether oxygens (including phenoxy) is 1. The number of rotatable bonds is 11. The second-order valence-corrected chi connectivity index (χ2v) is 11.4. The Balaban J connectivity index is 1.92. The number of amides is 1. The van der Waals surface area contributed by atoms with Crippen molar-refractivity contribution in [1.29, 1.82) is 10.5 Å². The Hall–Kier alpha value is -2.87. The zero-order valence-corrected chi connectivity index (χ0v) is 22.8. The van der Waals surface area contributed by atoms with Crippen molar-refractivity contribution in [2.24, 2.45) is 4.99 Å². The van der Waals surface area contributed by atoms with Gasteiger partial charge in [-0.05, 0) is 49.4 Å². The van der Waals surface area contributed by atoms with E-state index < -0.39 is 15.9 Å². The molecular weight excluding hydrogens is 566 g/mol. The van der Waals surface area contributed by atoms with Gasteiger partial charge in [-0.1, -0.05) is 27.3 Å². The van der Waals surface area contributed by atoms with E-state index in [9.17, 15) is 13.2 Å². The molecule has 0 saturated carbocycles. The lowest BCUT2D eigenvalue weighted by molar-refractivity contribution is 0.0996. The highest BCUT2D eigenvalue weighted by Gasteiger charge is 2.24. The highest BCUT2D eigenvalue weighted by atomic mass is 79.9. The number of carbonyl (C=O) groups excluding carboxylic acids is 1. The molecule has 12 heteroatoms. The number of hydrogen-bond acceptors (Lipinski definition) is 7. The molecule has 36 heavy (non-hydrogen) atoms. The molecule has 1 aromatic heterocycles. The van der Waals surface area contributed by atoms with E-state index in [0.29, 0.717) is 24.6 Å². The van der Waals surface area contributed by atoms with E-state index in [1.54, 1.807) is 0 Å². The van der Waals surface area contributed by atoms with E-state index in [-0.39, 0.29) is 36.4 Å². The van der Waals surface area contributed by atoms with E-state index in [4.69, 9.17) is 15.3 Å². The van der Waals surface area contributed by atoms with E-state index >= 15 is 0 Å². The molecule has 188 valence electrons. The first-order chi connectivity index (χ1) is 17.3. The highest BCUT2D eigenvalue weighted by molar-refractivity contribution is 9.10. The lowest BCUT2D eigenvalue weighted by atomic mass is 10.2. The van der Waals surface area contributed by atoms with Crippen molar-refractivity contribution in [1.82, 2.24) is 8.87 Å². The van der Waals surface area contributed by atoms with Gasteiger partial charge in [-0.2, -0.15) is 19.8 Å². The molecule has 9 nitrogen and oxygen atoms in total. The summed E-state index contributed by atoms with van der Waals surface area (Å²) in [5.41, 5.74) is 1.18. The molecule has 0 aliphatic carbocycles. The zero-order valence-electron chi connectivity index (χ0n) is 19.6. The largest absolute Gasteiger partial charge is 0.380 e. The average molecular weight is 591 g/mol. The molecule has 0 radical (unpaired) electrons. The standard InChI is InChI=1S/C24H24BrN5O4S2/c1-2-34-16-15-30-21-10-7-19(25)17-22(21)35-24(30)28-23(31)18-5-8-20(9-6-18)36(32,33)29(13-3-11-26)14-4-12-27/h5-10,17H,2-4,13-16H2,1H3. The van der Waals surface area contributed by atoms with Crippen molar-refractivity contribution in [3.63, 3.8) is 0 Å². The Bertz CT molecular complexity index is 1460. The van der Waals surface area contributed by atoms with Gasteiger partial charge in [0.15, 0.2) is 4.80 Å². The number of fused-ring (bicyclic) bond motifs is 1. The monoisotopic (exact) mass is 589 g/mol. The summed E-state index contributed by atoms with van der Waals surface area (Å²) in [6.45, 7) is 3.47. The zero-order chi connectivity index (χ0) is 26.1. The minimum Gasteiger partial charge on any atom is -0.380 e. The predicted molar refractivity (Wildman–Crippen MR) is 140 cm³/mol. The van der Waals surface area contributed by atoms with Gasteiger partial charge in [0.1, 0.15) is 0 Å². The van der Waals surface area contributed by atoms with Gasteiger partial charge in [-0.3, -0.25) is 4.79 Å². The predicted octanol–water partition coefficient (Wildman–Crippen LogP) is 4.06. The SMILES string of the molecule is CCOCCn1c(=NC(=O)c2ccc(S(=O)(=O)N(CCC#N)CCC#N)cc2)sc2cc(Br)ccc21. The maximum atomic E-state index is 13.0. The lowest BCUT2D eigenvalue weighted by Crippen LogP contribution is -2.32. The van der Waals surface area contributed by atoms with Crippen molar-refractivity contribution in [3.8, 4) is 12.1 Å². The number of nitrogens with zero attached hydrogens (tertiary/aromatic N) is 5. The second-order valence-electron chi connectivity index (χ2n) is 7.51. The van der Waals surface area contributed by atoms with Crippen LogP contribution in [0, 0.1) is 22.7 Å². The van der Waals surface area contributed by atoms with Crippen LogP contribution >= 0.6 is 27.3 Å². The summed E-state index contributed by atoms with van der Waals surface area (Å²) < 4.78 is 36.4. The molecule has 0 bridgehead atoms. The molecule has 0 N–H and O–H groups in total. The van der Waals surface area contributed by atoms with Crippen LogP contribution in [0.2, 0.25) is 0 Å². The van der Waals surface area contributed by atoms with E-state index in [0.717, 1.165) is 19.0 Å². The Labute approximate surface area is 222 Å². The molecular formula is C24H24BrN5O4S2. The quantitative estimate of drug-likeness (QED) is 0.310. The average Bonchev–Trinajstić information content (AvgIpc) is 3.19. The number of halogens is 1. The van der Waals surface area contributed by atoms with E-state index in [2.05, 4.69) is 20.9 Å². The van der Waals surface area contributed by atoms with Crippen LogP contribution in [-0.4, -0.2) is 49.5 Å². The normalized spacial score (nSPS) is 12.1. The van der Waals surface area contributed by atoms with Gasteiger partial charge in [0.25, 0.3) is 5.91 Å². The minimum absolute atomic E-state index is 0.00907. The van der Waals surface area contributed by atoms with Crippen molar-refractivity contribution in [3.05, 3.63) is 57.3 Å². The third-order valence-corrected chi connectivity index (χ3v) is 8.64. The maximum absolute atomic E-state index is 13.0. The van der Waals surface area contributed by atoms with Crippen LogP contribution in [0.5, 0.6) is 0 Å². The number of thiazole rings is 1. The topological polar surface area (TPSA) is 129 Å². The van der Waals surface area contributed by atoms with Gasteiger partial charge in [0, 0.05) is 49.1 Å². The van der Waals surface area contributed by atoms with Gasteiger partial charge in [-0.15, -0.1) is 0 Å². The third-order valence-electron chi connectivity index (χ3n) is 5.19. The fourth-order valence-corrected chi connectivity index (χ4v) is 6.47. The Morgan fingerprint density at radius 3 is 2.42 bits per heavy atom. The van der Waals surface area contributed by atoms with Crippen molar-refractivity contribution in [2.75, 3.05) is 26.3 Å². The van der Waals surface area contributed by atoms with E-state index in [1.807, 2.05) is 41.8 Å². The van der Waals surface area contributed by atoms with Crippen LogP contribution in [0.25, 0.3) is 10.2 Å². The molecule has 1 heterocycles. The summed E-state index contributed by atoms with van der Waals surface area (Å²) in [4.78, 5) is 17.8. The number of aromatic nitrogens is 1. The van der Waals surface area contributed by atoms with Crippen molar-refractivity contribution >= 4 is 53.4 Å². The highest BCUT2D eigenvalue weighted by Crippen LogP contribution is 2.23. The van der Waals surface area contributed by atoms with Gasteiger partial charge in [0.2, 0.25) is 10.0 Å². The van der Waals surface area contributed by atoms with Gasteiger partial charge < -0.3 is 9.30 Å². The fourth-order valence-electron chi connectivity index (χ4n) is 3.42. The molecule has 3 aromatic rings. The Kier molecular flexibility index (Phi) is 9.93. The Morgan fingerprint density at radius 1 is 1.14 bits per heavy atom. The summed E-state index contributed by atoms with van der Waals surface area (Å²) >= 11 is 4.85. The lowest BCUT2D eigenvalue weighted by Gasteiger charge is -2.20. The Morgan fingerprint density at radius 2 is 1.81 bits per heavy atom. The molecule has 0 unspecified atom stereocenters. The van der Waals surface area contributed by atoms with Crippen LogP contribution in [0.3, 0.4) is 0 Å². The van der Waals surface area contributed by atoms with Gasteiger partial charge in [0.05, 0.1) is 33.9 Å². The van der Waals surface area contributed by atoms with Crippen LogP contribution in [0.1, 0.15) is 30.1 Å². The summed E-state index contributed by atoms with van der Waals surface area (Å²) in [5.74, 6) is -0.499. The molecule has 0 fully saturated rings. The fraction of sp³-hybridized carbons (Fsp3) is 0.333. The molecule has 3 rings (SSSR count). The summed E-state index contributed by atoms with van der Waals surface area (Å²) in [7, 11) is -3.92. The molecule has 0 saturated heterocycles. The van der Waals surface area contributed by atoms with Crippen molar-refractivity contribution in [2.45, 2.75) is 31.2 Å². The van der Waals surface area contributed by atoms with Crippen molar-refractivity contribution < 1.29 is 17.9 Å². The molecule has 0 aliphatic heterocycles. The van der Waals surface area contributed by atoms with Crippen LogP contribution in [0.4, 0.5) is 0 Å². The summed E-state index contributed by atoms with van der Waals surface area (Å²) in [6, 6.07) is 15.2. The second kappa shape index (κ2) is 12.9. The number of hydrogen-bond donors (Lipinski definition) is 0. The first kappa shape index (κ1) is 27.7. The number of sulfonamides is 1. The minimum atomic E-state index is -3.92. The molecule has 2 aromatic carbocycles. The third kappa shape index (κ3) is 6.66. The first-order valence-electron chi connectivity index (χ1n) is 11.1. The van der Waals surface area contributed by atoms with Crippen LogP contribution in [-0.2, 0) is 21.3 Å². The molecule has 1 amide bonds. The maximum Gasteiger partial charge on any atom is 0.279 e. The smallest absolute Gasteiger partial charge is 0.279 e. The van der Waals surface area contributed by atoms with Gasteiger partial charge in [-0.25, -0.2) is 8.42 Å². The molecule has 0 aliphatic rings. The molecule has 0 spiro atoms. The number of benzene rings is 2. The van der Waals surface area contributed by atoms with E-state index in [1.165, 1.54) is 35.6 Å². The molecule has 0 atom stereocenters. The van der Waals surface area contributed by atoms with Crippen LogP contribution < -0.4 is 4.80 Å². The number of carbonyl (C=O) groups is 1. The summed E-state index contributed by atoms with van der Waals surface area (Å²) in [5, 5.41) is 17.7. The van der Waals surface area contributed by atoms with Gasteiger partial charge >= 0.3 is 0 Å². The first-order valence-corrected chi connectivity index (χ1v) is 14.2. The number of nitriles is 2. The van der Waals surface area contributed by atoms with Crippen LogP contribution in [0.15, 0.2) is 56.8 Å².